The Labute approximate surface area is 79.4 Å². The number of hydrogen-bond donors (Lipinski definition) is 2. The number of nitrogens with two attached hydrogens (primary N) is 1. The number of carbonyl (C=O) groups excluding carboxylic acids is 1. The summed E-state index contributed by atoms with van der Waals surface area (Å²) in [4.78, 5) is 11.2. The van der Waals surface area contributed by atoms with Gasteiger partial charge in [0, 0.05) is 12.1 Å². The summed E-state index contributed by atoms with van der Waals surface area (Å²) >= 11 is 0. The Kier molecular flexibility index (Phi) is 3.96. The molecule has 0 aromatic rings. The molecule has 1 aliphatic carbocycles. The van der Waals surface area contributed by atoms with Gasteiger partial charge in [-0.2, -0.15) is 0 Å². The first-order valence-corrected chi connectivity index (χ1v) is 4.91. The lowest BCUT2D eigenvalue weighted by molar-refractivity contribution is -0.117. The van der Waals surface area contributed by atoms with Crippen molar-refractivity contribution in [3.05, 3.63) is 12.2 Å². The second kappa shape index (κ2) is 5.02. The largest absolute Gasteiger partial charge is 0.350 e. The standard InChI is InChI=1S/C10H18N2O/c1-2-3-10(13)12-9-6-4-8(11)5-7-9/h2-3,8-9H,4-7,11H2,1H3,(H,12,13)/b3-2+. The van der Waals surface area contributed by atoms with Crippen LogP contribution in [-0.4, -0.2) is 18.0 Å². The third kappa shape index (κ3) is 3.59. The summed E-state index contributed by atoms with van der Waals surface area (Å²) in [5.41, 5.74) is 5.76. The minimum atomic E-state index is 0.0166. The highest BCUT2D eigenvalue weighted by atomic mass is 16.1. The average Bonchev–Trinajstić information content (AvgIpc) is 2.09. The Hall–Kier alpha value is -0.830. The van der Waals surface area contributed by atoms with E-state index in [1.807, 2.05) is 6.92 Å². The van der Waals surface area contributed by atoms with E-state index >= 15 is 0 Å². The van der Waals surface area contributed by atoms with Crippen LogP contribution in [0.4, 0.5) is 0 Å². The molecule has 1 amide bonds. The number of carbonyl (C=O) groups is 1. The third-order valence-corrected chi connectivity index (χ3v) is 2.44. The minimum Gasteiger partial charge on any atom is -0.350 e. The second-order valence-corrected chi connectivity index (χ2v) is 3.62. The van der Waals surface area contributed by atoms with Gasteiger partial charge in [-0.15, -0.1) is 0 Å². The molecular weight excluding hydrogens is 164 g/mol. The van der Waals surface area contributed by atoms with Crippen LogP contribution < -0.4 is 11.1 Å². The van der Waals surface area contributed by atoms with Crippen molar-refractivity contribution in [2.24, 2.45) is 5.73 Å². The van der Waals surface area contributed by atoms with Gasteiger partial charge in [0.05, 0.1) is 0 Å². The van der Waals surface area contributed by atoms with Crippen molar-refractivity contribution in [3.63, 3.8) is 0 Å². The minimum absolute atomic E-state index is 0.0166. The van der Waals surface area contributed by atoms with Gasteiger partial charge in [0.1, 0.15) is 0 Å². The second-order valence-electron chi connectivity index (χ2n) is 3.62. The van der Waals surface area contributed by atoms with Crippen LogP contribution in [0.1, 0.15) is 32.6 Å². The van der Waals surface area contributed by atoms with E-state index in [-0.39, 0.29) is 5.91 Å². The molecule has 1 fully saturated rings. The molecule has 0 bridgehead atoms. The third-order valence-electron chi connectivity index (χ3n) is 2.44. The van der Waals surface area contributed by atoms with Gasteiger partial charge in [-0.25, -0.2) is 0 Å². The zero-order chi connectivity index (χ0) is 9.68. The molecule has 13 heavy (non-hydrogen) atoms. The fraction of sp³-hybridized carbons (Fsp3) is 0.700. The Morgan fingerprint density at radius 1 is 1.38 bits per heavy atom. The highest BCUT2D eigenvalue weighted by molar-refractivity contribution is 5.87. The van der Waals surface area contributed by atoms with E-state index < -0.39 is 0 Å². The van der Waals surface area contributed by atoms with Crippen molar-refractivity contribution in [1.29, 1.82) is 0 Å². The molecule has 0 unspecified atom stereocenters. The first-order valence-electron chi connectivity index (χ1n) is 4.91. The van der Waals surface area contributed by atoms with Gasteiger partial charge in [0.15, 0.2) is 0 Å². The highest BCUT2D eigenvalue weighted by Gasteiger charge is 2.18. The van der Waals surface area contributed by atoms with Crippen molar-refractivity contribution in [2.45, 2.75) is 44.7 Å². The molecule has 0 radical (unpaired) electrons. The molecule has 0 aromatic heterocycles. The first kappa shape index (κ1) is 10.3. The van der Waals surface area contributed by atoms with E-state index in [0.717, 1.165) is 25.7 Å². The Morgan fingerprint density at radius 2 is 2.00 bits per heavy atom. The van der Waals surface area contributed by atoms with E-state index in [9.17, 15) is 4.79 Å². The molecule has 0 spiro atoms. The van der Waals surface area contributed by atoms with Crippen LogP contribution in [-0.2, 0) is 4.79 Å². The number of nitrogens with one attached hydrogen (secondary N) is 1. The molecule has 1 rings (SSSR count). The average molecular weight is 182 g/mol. The highest BCUT2D eigenvalue weighted by Crippen LogP contribution is 2.16. The Balaban J connectivity index is 2.26. The monoisotopic (exact) mass is 182 g/mol. The van der Waals surface area contributed by atoms with Gasteiger partial charge in [0.25, 0.3) is 0 Å². The van der Waals surface area contributed by atoms with Crippen molar-refractivity contribution in [2.75, 3.05) is 0 Å². The summed E-state index contributed by atoms with van der Waals surface area (Å²) in [5.74, 6) is 0.0166. The van der Waals surface area contributed by atoms with E-state index in [0.29, 0.717) is 12.1 Å². The lowest BCUT2D eigenvalue weighted by Gasteiger charge is -2.26. The molecule has 0 saturated heterocycles. The molecule has 3 heteroatoms. The van der Waals surface area contributed by atoms with E-state index in [2.05, 4.69) is 5.32 Å². The molecule has 0 aliphatic heterocycles. The predicted octanol–water partition coefficient (Wildman–Crippen LogP) is 0.949. The molecule has 1 aliphatic rings. The van der Waals surface area contributed by atoms with Crippen LogP contribution >= 0.6 is 0 Å². The van der Waals surface area contributed by atoms with Crippen LogP contribution in [0.25, 0.3) is 0 Å². The maximum absolute atomic E-state index is 11.2. The van der Waals surface area contributed by atoms with Crippen LogP contribution in [0.3, 0.4) is 0 Å². The maximum atomic E-state index is 11.2. The van der Waals surface area contributed by atoms with Crippen LogP contribution in [0.5, 0.6) is 0 Å². The predicted molar refractivity (Wildman–Crippen MR) is 53.2 cm³/mol. The lowest BCUT2D eigenvalue weighted by atomic mass is 9.92. The molecular formula is C10H18N2O. The van der Waals surface area contributed by atoms with E-state index in [4.69, 9.17) is 5.73 Å². The van der Waals surface area contributed by atoms with Crippen LogP contribution in [0, 0.1) is 0 Å². The molecule has 74 valence electrons. The summed E-state index contributed by atoms with van der Waals surface area (Å²) in [6.07, 6.45) is 7.41. The normalized spacial score (nSPS) is 29.1. The van der Waals surface area contributed by atoms with Crippen LogP contribution in [0.15, 0.2) is 12.2 Å². The molecule has 0 atom stereocenters. The summed E-state index contributed by atoms with van der Waals surface area (Å²) in [6, 6.07) is 0.679. The molecule has 1 saturated carbocycles. The number of allylic oxidation sites excluding steroid dienone is 1. The molecule has 3 N–H and O–H groups in total. The molecule has 0 heterocycles. The van der Waals surface area contributed by atoms with Crippen molar-refractivity contribution in [3.8, 4) is 0 Å². The fourth-order valence-electron chi connectivity index (χ4n) is 1.66. The topological polar surface area (TPSA) is 55.1 Å². The van der Waals surface area contributed by atoms with E-state index in [1.54, 1.807) is 12.2 Å². The number of amides is 1. The van der Waals surface area contributed by atoms with Gasteiger partial charge in [-0.1, -0.05) is 6.08 Å². The SMILES string of the molecule is C/C=C/C(=O)NC1CCC(N)CC1. The first-order chi connectivity index (χ1) is 6.22. The summed E-state index contributed by atoms with van der Waals surface area (Å²) < 4.78 is 0. The van der Waals surface area contributed by atoms with Gasteiger partial charge in [-0.05, 0) is 38.7 Å². The zero-order valence-electron chi connectivity index (χ0n) is 8.12. The quantitative estimate of drug-likeness (QED) is 0.625. The Morgan fingerprint density at radius 3 is 2.54 bits per heavy atom. The Bertz CT molecular complexity index is 193. The smallest absolute Gasteiger partial charge is 0.243 e. The molecule has 0 aromatic carbocycles. The van der Waals surface area contributed by atoms with Crippen molar-refractivity contribution in [1.82, 2.24) is 5.32 Å². The fourth-order valence-corrected chi connectivity index (χ4v) is 1.66. The number of rotatable bonds is 2. The maximum Gasteiger partial charge on any atom is 0.243 e. The zero-order valence-corrected chi connectivity index (χ0v) is 8.12. The number of hydrogen-bond acceptors (Lipinski definition) is 2. The van der Waals surface area contributed by atoms with Crippen molar-refractivity contribution >= 4 is 5.91 Å². The summed E-state index contributed by atoms with van der Waals surface area (Å²) in [7, 11) is 0. The van der Waals surface area contributed by atoms with Crippen molar-refractivity contribution < 1.29 is 4.79 Å². The lowest BCUT2D eigenvalue weighted by Crippen LogP contribution is -2.39. The summed E-state index contributed by atoms with van der Waals surface area (Å²) in [6.45, 7) is 1.84. The van der Waals surface area contributed by atoms with Gasteiger partial charge < -0.3 is 11.1 Å². The van der Waals surface area contributed by atoms with E-state index in [1.165, 1.54) is 0 Å². The van der Waals surface area contributed by atoms with Gasteiger partial charge >= 0.3 is 0 Å². The van der Waals surface area contributed by atoms with Crippen LogP contribution in [0.2, 0.25) is 0 Å². The van der Waals surface area contributed by atoms with Gasteiger partial charge in [0.2, 0.25) is 5.91 Å². The molecule has 3 nitrogen and oxygen atoms in total. The van der Waals surface area contributed by atoms with Gasteiger partial charge in [-0.3, -0.25) is 4.79 Å². The summed E-state index contributed by atoms with van der Waals surface area (Å²) in [5, 5.41) is 2.96.